The molecular weight excluding hydrogens is 660 g/mol. The minimum Gasteiger partial charge on any atom is -0.455 e. The van der Waals surface area contributed by atoms with Crippen molar-refractivity contribution in [2.24, 2.45) is 11.8 Å². The number of aliphatic hydroxyl groups excluding tert-OH is 1. The van der Waals surface area contributed by atoms with E-state index in [0.717, 1.165) is 18.8 Å². The standard InChI is InChI=1S/C41H54N4O7/c1-6-10-18-33(47)42-28(5)36(29-16-12-11-13-17-29)51-40(50)34-32-23-24-41(52-32)35(34)38(48)45(26-14-15-27-46)37(41)39(49)44(25-7-2)31-21-19-30(20-22-31)43(8-3)9-4/h6-7,11-13,16-17,19-22,28,32,34-37,46H,1-2,8-10,14-15,18,23-27H2,3-5H3,(H,42,47)/t28-,32-,34+,35+,36-,37-,41+/m0/s1. The number of hydrogen-bond acceptors (Lipinski definition) is 8. The predicted molar refractivity (Wildman–Crippen MR) is 201 cm³/mol. The van der Waals surface area contributed by atoms with Crippen molar-refractivity contribution in [3.05, 3.63) is 85.5 Å². The smallest absolute Gasteiger partial charge is 0.313 e. The molecule has 0 aromatic heterocycles. The number of hydrogen-bond donors (Lipinski definition) is 2. The molecule has 0 aliphatic carbocycles. The summed E-state index contributed by atoms with van der Waals surface area (Å²) >= 11 is 0. The van der Waals surface area contributed by atoms with E-state index in [4.69, 9.17) is 9.47 Å². The molecule has 3 aliphatic rings. The molecule has 2 bridgehead atoms. The lowest BCUT2D eigenvalue weighted by Crippen LogP contribution is -2.56. The Hall–Kier alpha value is -4.48. The maximum atomic E-state index is 14.9. The van der Waals surface area contributed by atoms with Crippen molar-refractivity contribution < 1.29 is 33.8 Å². The molecule has 3 saturated heterocycles. The maximum Gasteiger partial charge on any atom is 0.313 e. The number of benzene rings is 2. The van der Waals surface area contributed by atoms with E-state index in [1.165, 1.54) is 0 Å². The summed E-state index contributed by atoms with van der Waals surface area (Å²) in [5.41, 5.74) is 1.18. The van der Waals surface area contributed by atoms with Gasteiger partial charge >= 0.3 is 5.97 Å². The molecule has 7 atom stereocenters. The van der Waals surface area contributed by atoms with Crippen LogP contribution in [0.4, 0.5) is 11.4 Å². The van der Waals surface area contributed by atoms with Gasteiger partial charge in [0.15, 0.2) is 0 Å². The molecule has 5 rings (SSSR count). The molecule has 2 aromatic carbocycles. The van der Waals surface area contributed by atoms with Crippen LogP contribution in [0.5, 0.6) is 0 Å². The highest BCUT2D eigenvalue weighted by atomic mass is 16.6. The molecule has 3 amide bonds. The number of unbranched alkanes of at least 4 members (excludes halogenated alkanes) is 1. The zero-order chi connectivity index (χ0) is 37.4. The summed E-state index contributed by atoms with van der Waals surface area (Å²) in [7, 11) is 0. The van der Waals surface area contributed by atoms with Crippen molar-refractivity contribution in [3.8, 4) is 0 Å². The van der Waals surface area contributed by atoms with E-state index in [2.05, 4.69) is 37.2 Å². The zero-order valence-electron chi connectivity index (χ0n) is 30.7. The molecule has 3 aliphatic heterocycles. The highest BCUT2D eigenvalue weighted by Gasteiger charge is 2.75. The van der Waals surface area contributed by atoms with Crippen LogP contribution in [0, 0.1) is 11.8 Å². The van der Waals surface area contributed by atoms with Crippen LogP contribution < -0.4 is 15.1 Å². The van der Waals surface area contributed by atoms with Crippen molar-refractivity contribution in [3.63, 3.8) is 0 Å². The quantitative estimate of drug-likeness (QED) is 0.119. The molecule has 280 valence electrons. The van der Waals surface area contributed by atoms with Crippen LogP contribution in [-0.4, -0.2) is 90.3 Å². The van der Waals surface area contributed by atoms with E-state index >= 15 is 0 Å². The number of amides is 3. The molecule has 0 unspecified atom stereocenters. The Kier molecular flexibility index (Phi) is 12.9. The molecule has 3 fully saturated rings. The second-order valence-corrected chi connectivity index (χ2v) is 13.9. The lowest BCUT2D eigenvalue weighted by Gasteiger charge is -2.37. The number of aliphatic hydroxyl groups is 1. The summed E-state index contributed by atoms with van der Waals surface area (Å²) in [6, 6.07) is 15.4. The number of nitrogens with zero attached hydrogens (tertiary/aromatic N) is 3. The Balaban J connectivity index is 1.46. The van der Waals surface area contributed by atoms with Crippen LogP contribution >= 0.6 is 0 Å². The van der Waals surface area contributed by atoms with Gasteiger partial charge in [-0.2, -0.15) is 0 Å². The third-order valence-electron chi connectivity index (χ3n) is 10.8. The SMILES string of the molecule is C=CCCC(=O)N[C@@H](C)[C@H](OC(=O)[C@@H]1[C@@H]2CC[C@]3(O2)[C@H](C(=O)N(CC=C)c2ccc(N(CC)CC)cc2)N(CCCCO)C(=O)[C@@H]13)c1ccccc1. The molecule has 52 heavy (non-hydrogen) atoms. The molecule has 1 spiro atoms. The summed E-state index contributed by atoms with van der Waals surface area (Å²) in [5, 5.41) is 12.5. The lowest BCUT2D eigenvalue weighted by atomic mass is 9.70. The Labute approximate surface area is 307 Å². The van der Waals surface area contributed by atoms with E-state index in [1.54, 1.807) is 28.9 Å². The van der Waals surface area contributed by atoms with E-state index < -0.39 is 47.7 Å². The van der Waals surface area contributed by atoms with Crippen LogP contribution in [0.1, 0.15) is 71.0 Å². The number of likely N-dealkylation sites (tertiary alicyclic amines) is 1. The van der Waals surface area contributed by atoms with E-state index in [0.29, 0.717) is 43.4 Å². The predicted octanol–water partition coefficient (Wildman–Crippen LogP) is 4.95. The first kappa shape index (κ1) is 38.7. The maximum absolute atomic E-state index is 14.9. The minimum absolute atomic E-state index is 0.0482. The normalized spacial score (nSPS) is 24.2. The van der Waals surface area contributed by atoms with Crippen LogP contribution in [0.2, 0.25) is 0 Å². The molecule has 0 saturated carbocycles. The van der Waals surface area contributed by atoms with Gasteiger partial charge in [-0.3, -0.25) is 19.2 Å². The average Bonchev–Trinajstić information content (AvgIpc) is 3.80. The number of anilines is 2. The number of ether oxygens (including phenoxy) is 2. The Morgan fingerprint density at radius 3 is 2.38 bits per heavy atom. The summed E-state index contributed by atoms with van der Waals surface area (Å²) in [6.07, 6.45) is 4.53. The molecule has 0 radical (unpaired) electrons. The highest BCUT2D eigenvalue weighted by molar-refractivity contribution is 6.04. The zero-order valence-corrected chi connectivity index (χ0v) is 30.7. The lowest BCUT2D eigenvalue weighted by molar-refractivity contribution is -0.162. The van der Waals surface area contributed by atoms with Gasteiger partial charge in [0.25, 0.3) is 5.91 Å². The fourth-order valence-electron chi connectivity index (χ4n) is 8.31. The Bertz CT molecular complexity index is 1580. The van der Waals surface area contributed by atoms with Gasteiger partial charge in [0, 0.05) is 50.6 Å². The monoisotopic (exact) mass is 714 g/mol. The van der Waals surface area contributed by atoms with Crippen LogP contribution in [0.15, 0.2) is 79.9 Å². The van der Waals surface area contributed by atoms with E-state index in [1.807, 2.05) is 54.6 Å². The molecule has 2 aromatic rings. The second kappa shape index (κ2) is 17.4. The van der Waals surface area contributed by atoms with Gasteiger partial charge in [-0.25, -0.2) is 0 Å². The van der Waals surface area contributed by atoms with Crippen molar-refractivity contribution in [1.82, 2.24) is 10.2 Å². The topological polar surface area (TPSA) is 129 Å². The first-order chi connectivity index (χ1) is 25.1. The molecule has 11 nitrogen and oxygen atoms in total. The number of carbonyl (C=O) groups is 4. The molecular formula is C41H54N4O7. The highest BCUT2D eigenvalue weighted by Crippen LogP contribution is 2.59. The van der Waals surface area contributed by atoms with Gasteiger partial charge in [-0.1, -0.05) is 42.5 Å². The van der Waals surface area contributed by atoms with Gasteiger partial charge in [0.1, 0.15) is 17.7 Å². The van der Waals surface area contributed by atoms with E-state index in [9.17, 15) is 24.3 Å². The van der Waals surface area contributed by atoms with Crippen LogP contribution in [0.25, 0.3) is 0 Å². The van der Waals surface area contributed by atoms with Crippen LogP contribution in [-0.2, 0) is 28.7 Å². The first-order valence-corrected chi connectivity index (χ1v) is 18.7. The second-order valence-electron chi connectivity index (χ2n) is 13.9. The van der Waals surface area contributed by atoms with Crippen molar-refractivity contribution >= 4 is 35.1 Å². The van der Waals surface area contributed by atoms with E-state index in [-0.39, 0.29) is 43.8 Å². The minimum atomic E-state index is -1.23. The van der Waals surface area contributed by atoms with Crippen molar-refractivity contribution in [2.75, 3.05) is 42.6 Å². The fraction of sp³-hybridized carbons (Fsp3) is 0.512. The Morgan fingerprint density at radius 1 is 1.06 bits per heavy atom. The number of rotatable bonds is 19. The first-order valence-electron chi connectivity index (χ1n) is 18.7. The fourth-order valence-corrected chi connectivity index (χ4v) is 8.31. The summed E-state index contributed by atoms with van der Waals surface area (Å²) in [4.78, 5) is 61.9. The number of carbonyl (C=O) groups excluding carboxylic acids is 4. The number of fused-ring (bicyclic) bond motifs is 1. The number of allylic oxidation sites excluding steroid dienone is 1. The molecule has 2 N–H and O–H groups in total. The summed E-state index contributed by atoms with van der Waals surface area (Å²) in [6.45, 7) is 15.7. The average molecular weight is 715 g/mol. The van der Waals surface area contributed by atoms with Gasteiger partial charge in [0.2, 0.25) is 11.8 Å². The third-order valence-corrected chi connectivity index (χ3v) is 10.8. The largest absolute Gasteiger partial charge is 0.455 e. The van der Waals surface area contributed by atoms with Crippen molar-refractivity contribution in [1.29, 1.82) is 0 Å². The van der Waals surface area contributed by atoms with Gasteiger partial charge in [-0.15, -0.1) is 13.2 Å². The third kappa shape index (κ3) is 7.66. The summed E-state index contributed by atoms with van der Waals surface area (Å²) in [5.74, 6) is -3.27. The summed E-state index contributed by atoms with van der Waals surface area (Å²) < 4.78 is 12.9. The molecule has 3 heterocycles. The van der Waals surface area contributed by atoms with Gasteiger partial charge < -0.3 is 34.6 Å². The Morgan fingerprint density at radius 2 is 1.75 bits per heavy atom. The molecule has 11 heteroatoms. The van der Waals surface area contributed by atoms with Crippen LogP contribution in [0.3, 0.4) is 0 Å². The van der Waals surface area contributed by atoms with Gasteiger partial charge in [0.05, 0.1) is 24.0 Å². The number of nitrogens with one attached hydrogen (secondary N) is 1. The number of esters is 1. The van der Waals surface area contributed by atoms with Gasteiger partial charge in [-0.05, 0) is 82.7 Å². The van der Waals surface area contributed by atoms with Crippen molar-refractivity contribution in [2.45, 2.75) is 89.2 Å².